The highest BCUT2D eigenvalue weighted by molar-refractivity contribution is 6.62. The van der Waals surface area contributed by atoms with Crippen molar-refractivity contribution in [2.45, 2.75) is 84.7 Å². The molecule has 2 heterocycles. The van der Waals surface area contributed by atoms with Crippen molar-refractivity contribution in [3.63, 3.8) is 0 Å². The van der Waals surface area contributed by atoms with Crippen molar-refractivity contribution in [1.29, 1.82) is 0 Å². The van der Waals surface area contributed by atoms with E-state index in [2.05, 4.69) is 16.0 Å². The van der Waals surface area contributed by atoms with Crippen LogP contribution in [0.2, 0.25) is 0 Å². The highest BCUT2D eigenvalue weighted by Gasteiger charge is 2.52. The quantitative estimate of drug-likeness (QED) is 0.458. The van der Waals surface area contributed by atoms with Crippen molar-refractivity contribution in [2.75, 3.05) is 31.3 Å². The first kappa shape index (κ1) is 33.5. The molecule has 0 saturated carbocycles. The van der Waals surface area contributed by atoms with E-state index in [0.29, 0.717) is 6.54 Å². The van der Waals surface area contributed by atoms with Crippen molar-refractivity contribution < 1.29 is 28.2 Å². The predicted molar refractivity (Wildman–Crippen MR) is 170 cm³/mol. The molecule has 42 heavy (non-hydrogen) atoms. The van der Waals surface area contributed by atoms with Crippen LogP contribution in [0.1, 0.15) is 62.3 Å². The van der Waals surface area contributed by atoms with Gasteiger partial charge in [-0.1, -0.05) is 24.3 Å². The SMILES string of the molecule is CCNC(=O)Nc1ccc(B2OC(C)(C)C(C)(C)O2)cc1.CN(C)C(=O)Nc1ccc(B2OC(C)(C)C(C)(C)O2)cc1. The third-order valence-electron chi connectivity index (χ3n) is 8.12. The van der Waals surface area contributed by atoms with Crippen LogP contribution in [0.25, 0.3) is 0 Å². The predicted octanol–water partition coefficient (Wildman–Crippen LogP) is 4.21. The van der Waals surface area contributed by atoms with Crippen LogP contribution >= 0.6 is 0 Å². The Labute approximate surface area is 251 Å². The van der Waals surface area contributed by atoms with Crippen molar-refractivity contribution in [2.24, 2.45) is 0 Å². The van der Waals surface area contributed by atoms with Gasteiger partial charge in [0.15, 0.2) is 0 Å². The summed E-state index contributed by atoms with van der Waals surface area (Å²) < 4.78 is 24.0. The minimum Gasteiger partial charge on any atom is -0.399 e. The summed E-state index contributed by atoms with van der Waals surface area (Å²) in [7, 11) is 2.64. The van der Waals surface area contributed by atoms with Crippen LogP contribution in [0, 0.1) is 0 Å². The second-order valence-corrected chi connectivity index (χ2v) is 12.7. The highest BCUT2D eigenvalue weighted by Crippen LogP contribution is 2.37. The fourth-order valence-corrected chi connectivity index (χ4v) is 3.98. The molecule has 2 fully saturated rings. The Morgan fingerprint density at radius 2 is 0.976 bits per heavy atom. The Hall–Kier alpha value is -3.05. The van der Waals surface area contributed by atoms with E-state index in [1.807, 2.05) is 111 Å². The molecular formula is C30H46B2N4O6. The number of carbonyl (C=O) groups excluding carboxylic acids is 2. The fraction of sp³-hybridized carbons (Fsp3) is 0.533. The minimum atomic E-state index is -0.381. The number of carbonyl (C=O) groups is 2. The van der Waals surface area contributed by atoms with Gasteiger partial charge in [-0.2, -0.15) is 0 Å². The summed E-state index contributed by atoms with van der Waals surface area (Å²) in [5.74, 6) is 0. The highest BCUT2D eigenvalue weighted by atomic mass is 16.7. The molecule has 0 aromatic heterocycles. The van der Waals surface area contributed by atoms with Crippen LogP contribution in [-0.4, -0.2) is 74.2 Å². The van der Waals surface area contributed by atoms with Gasteiger partial charge in [0.05, 0.1) is 22.4 Å². The smallest absolute Gasteiger partial charge is 0.399 e. The molecule has 12 heteroatoms. The van der Waals surface area contributed by atoms with Crippen LogP contribution in [0.4, 0.5) is 21.0 Å². The average molecular weight is 580 g/mol. The monoisotopic (exact) mass is 580 g/mol. The molecule has 2 aromatic carbocycles. The zero-order valence-corrected chi connectivity index (χ0v) is 26.9. The van der Waals surface area contributed by atoms with Gasteiger partial charge in [-0.15, -0.1) is 0 Å². The molecule has 0 bridgehead atoms. The number of hydrogen-bond donors (Lipinski definition) is 3. The molecule has 4 amide bonds. The van der Waals surface area contributed by atoms with Crippen LogP contribution in [0.15, 0.2) is 48.5 Å². The molecule has 4 rings (SSSR count). The second kappa shape index (κ2) is 12.7. The lowest BCUT2D eigenvalue weighted by atomic mass is 9.79. The van der Waals surface area contributed by atoms with E-state index in [0.717, 1.165) is 22.3 Å². The van der Waals surface area contributed by atoms with Crippen molar-refractivity contribution in [3.05, 3.63) is 48.5 Å². The number of nitrogens with one attached hydrogen (secondary N) is 3. The number of urea groups is 2. The Bertz CT molecular complexity index is 1200. The van der Waals surface area contributed by atoms with E-state index < -0.39 is 0 Å². The van der Waals surface area contributed by atoms with E-state index in [1.54, 1.807) is 14.1 Å². The molecule has 3 N–H and O–H groups in total. The van der Waals surface area contributed by atoms with Gasteiger partial charge in [-0.3, -0.25) is 0 Å². The largest absolute Gasteiger partial charge is 0.494 e. The Morgan fingerprint density at radius 3 is 1.29 bits per heavy atom. The van der Waals surface area contributed by atoms with Crippen LogP contribution in [0.5, 0.6) is 0 Å². The molecule has 228 valence electrons. The zero-order chi connectivity index (χ0) is 31.5. The number of anilines is 2. The molecule has 0 aliphatic carbocycles. The lowest BCUT2D eigenvalue weighted by Crippen LogP contribution is -2.41. The topological polar surface area (TPSA) is 110 Å². The third kappa shape index (κ3) is 7.86. The first-order valence-electron chi connectivity index (χ1n) is 14.3. The summed E-state index contributed by atoms with van der Waals surface area (Å²) in [5, 5.41) is 8.24. The maximum atomic E-state index is 11.6. The molecule has 2 aliphatic rings. The van der Waals surface area contributed by atoms with E-state index in [-0.39, 0.29) is 48.7 Å². The van der Waals surface area contributed by atoms with E-state index in [9.17, 15) is 9.59 Å². The number of amides is 4. The molecule has 0 radical (unpaired) electrons. The first-order chi connectivity index (χ1) is 19.4. The standard InChI is InChI=1S/2C15H23BN2O3/c1-14(2)15(3,4)21-16(20-14)11-7-9-12(10-8-11)17-13(19)18(5)6;1-6-17-13(19)18-12-9-7-11(8-10-12)16-20-14(2,3)15(4,5)21-16/h7-10H,1-6H3,(H,17,19);7-10H,6H2,1-5H3,(H2,17,18,19). The second-order valence-electron chi connectivity index (χ2n) is 12.7. The number of nitrogens with zero attached hydrogens (tertiary/aromatic N) is 1. The normalized spacial score (nSPS) is 19.4. The van der Waals surface area contributed by atoms with Crippen molar-refractivity contribution in [3.8, 4) is 0 Å². The first-order valence-corrected chi connectivity index (χ1v) is 14.3. The van der Waals surface area contributed by atoms with Crippen LogP contribution in [0.3, 0.4) is 0 Å². The third-order valence-corrected chi connectivity index (χ3v) is 8.12. The lowest BCUT2D eigenvalue weighted by molar-refractivity contribution is 0.00578. The number of rotatable bonds is 5. The Morgan fingerprint density at radius 1 is 0.643 bits per heavy atom. The summed E-state index contributed by atoms with van der Waals surface area (Å²) in [5.41, 5.74) is 1.96. The summed E-state index contributed by atoms with van der Waals surface area (Å²) >= 11 is 0. The average Bonchev–Trinajstić information content (AvgIpc) is 3.24. The molecule has 0 unspecified atom stereocenters. The lowest BCUT2D eigenvalue weighted by Gasteiger charge is -2.32. The van der Waals surface area contributed by atoms with Crippen LogP contribution < -0.4 is 26.9 Å². The van der Waals surface area contributed by atoms with Gasteiger partial charge in [0.2, 0.25) is 0 Å². The van der Waals surface area contributed by atoms with E-state index in [4.69, 9.17) is 18.6 Å². The summed E-state index contributed by atoms with van der Waals surface area (Å²) in [6.07, 6.45) is 0. The summed E-state index contributed by atoms with van der Waals surface area (Å²) in [6, 6.07) is 14.7. The Kier molecular flexibility index (Phi) is 10.1. The zero-order valence-electron chi connectivity index (χ0n) is 26.9. The van der Waals surface area contributed by atoms with Crippen molar-refractivity contribution >= 4 is 48.6 Å². The molecule has 2 aromatic rings. The number of benzene rings is 2. The van der Waals surface area contributed by atoms with Gasteiger partial charge in [-0.05, 0) is 97.5 Å². The molecule has 2 saturated heterocycles. The Balaban J connectivity index is 0.000000230. The summed E-state index contributed by atoms with van der Waals surface area (Å²) in [6.45, 7) is 18.7. The van der Waals surface area contributed by atoms with Gasteiger partial charge in [0, 0.05) is 32.0 Å². The molecule has 2 aliphatic heterocycles. The molecule has 0 atom stereocenters. The minimum absolute atomic E-state index is 0.154. The maximum Gasteiger partial charge on any atom is 0.494 e. The van der Waals surface area contributed by atoms with Gasteiger partial charge in [0.25, 0.3) is 0 Å². The number of hydrogen-bond acceptors (Lipinski definition) is 6. The van der Waals surface area contributed by atoms with Gasteiger partial charge in [-0.25, -0.2) is 9.59 Å². The fourth-order valence-electron chi connectivity index (χ4n) is 3.98. The van der Waals surface area contributed by atoms with E-state index in [1.165, 1.54) is 4.90 Å². The van der Waals surface area contributed by atoms with Crippen molar-refractivity contribution in [1.82, 2.24) is 10.2 Å². The molecule has 10 nitrogen and oxygen atoms in total. The summed E-state index contributed by atoms with van der Waals surface area (Å²) in [4.78, 5) is 24.5. The van der Waals surface area contributed by atoms with Gasteiger partial charge < -0.3 is 39.5 Å². The van der Waals surface area contributed by atoms with Gasteiger partial charge in [0.1, 0.15) is 0 Å². The maximum absolute atomic E-state index is 11.6. The van der Waals surface area contributed by atoms with Gasteiger partial charge >= 0.3 is 26.3 Å². The molecular weight excluding hydrogens is 534 g/mol. The molecule has 0 spiro atoms. The van der Waals surface area contributed by atoms with E-state index >= 15 is 0 Å². The van der Waals surface area contributed by atoms with Crippen LogP contribution in [-0.2, 0) is 18.6 Å².